The van der Waals surface area contributed by atoms with Gasteiger partial charge in [-0.2, -0.15) is 0 Å². The second kappa shape index (κ2) is 7.25. The number of nitrogens with one attached hydrogen (secondary N) is 1. The Morgan fingerprint density at radius 3 is 2.52 bits per heavy atom. The third-order valence-corrected chi connectivity index (χ3v) is 5.35. The van der Waals surface area contributed by atoms with E-state index in [1.54, 1.807) is 0 Å². The SMILES string of the molecule is O=C(O)CC[C@@]1(CCC(=O)N2CCc3ccccc3C2)CCC(=O)N1. The maximum atomic E-state index is 12.6. The topological polar surface area (TPSA) is 86.7 Å². The second-order valence-electron chi connectivity index (χ2n) is 7.06. The van der Waals surface area contributed by atoms with Gasteiger partial charge in [-0.3, -0.25) is 14.4 Å². The highest BCUT2D eigenvalue weighted by Crippen LogP contribution is 2.31. The predicted octanol–water partition coefficient (Wildman–Crippen LogP) is 1.87. The molecule has 0 saturated carbocycles. The fraction of sp³-hybridized carbons (Fsp3) is 0.526. The number of carbonyl (C=O) groups is 3. The van der Waals surface area contributed by atoms with E-state index in [0.717, 1.165) is 6.42 Å². The molecule has 1 atom stereocenters. The van der Waals surface area contributed by atoms with Crippen LogP contribution in [0.4, 0.5) is 0 Å². The summed E-state index contributed by atoms with van der Waals surface area (Å²) in [7, 11) is 0. The molecule has 0 aliphatic carbocycles. The standard InChI is InChI=1S/C19H24N2O4/c22-16-5-9-19(20-16,11-7-18(24)25)10-6-17(23)21-12-8-14-3-1-2-4-15(14)13-21/h1-4H,5-13H2,(H,20,22)(H,24,25)/t19-/m0/s1. The third kappa shape index (κ3) is 4.18. The molecule has 134 valence electrons. The Morgan fingerprint density at radius 1 is 1.12 bits per heavy atom. The summed E-state index contributed by atoms with van der Waals surface area (Å²) in [5.41, 5.74) is 1.95. The Balaban J connectivity index is 1.58. The van der Waals surface area contributed by atoms with Crippen LogP contribution in [0.1, 0.15) is 49.7 Å². The summed E-state index contributed by atoms with van der Waals surface area (Å²) in [4.78, 5) is 37.0. The van der Waals surface area contributed by atoms with Gasteiger partial charge in [0.05, 0.1) is 0 Å². The molecule has 2 aliphatic heterocycles. The first-order valence-corrected chi connectivity index (χ1v) is 8.85. The molecule has 6 nitrogen and oxygen atoms in total. The highest BCUT2D eigenvalue weighted by molar-refractivity contribution is 5.80. The zero-order valence-electron chi connectivity index (χ0n) is 14.3. The molecule has 0 aromatic heterocycles. The lowest BCUT2D eigenvalue weighted by atomic mass is 9.86. The molecule has 1 aromatic rings. The fourth-order valence-electron chi connectivity index (χ4n) is 3.83. The van der Waals surface area contributed by atoms with Crippen LogP contribution < -0.4 is 5.32 Å². The number of carbonyl (C=O) groups excluding carboxylic acids is 2. The van der Waals surface area contributed by atoms with E-state index in [1.807, 2.05) is 17.0 Å². The van der Waals surface area contributed by atoms with E-state index in [0.29, 0.717) is 45.2 Å². The van der Waals surface area contributed by atoms with Gasteiger partial charge in [0.25, 0.3) is 0 Å². The van der Waals surface area contributed by atoms with Gasteiger partial charge in [0.2, 0.25) is 11.8 Å². The lowest BCUT2D eigenvalue weighted by molar-refractivity contribution is -0.137. The van der Waals surface area contributed by atoms with Gasteiger partial charge in [0, 0.05) is 37.9 Å². The number of benzene rings is 1. The Morgan fingerprint density at radius 2 is 1.84 bits per heavy atom. The third-order valence-electron chi connectivity index (χ3n) is 5.35. The van der Waals surface area contributed by atoms with Crippen LogP contribution in [-0.4, -0.2) is 39.9 Å². The van der Waals surface area contributed by atoms with E-state index in [4.69, 9.17) is 5.11 Å². The van der Waals surface area contributed by atoms with Crippen molar-refractivity contribution in [3.8, 4) is 0 Å². The molecule has 6 heteroatoms. The first kappa shape index (κ1) is 17.5. The lowest BCUT2D eigenvalue weighted by Gasteiger charge is -2.32. The summed E-state index contributed by atoms with van der Waals surface area (Å²) in [6, 6.07) is 8.17. The largest absolute Gasteiger partial charge is 0.481 e. The summed E-state index contributed by atoms with van der Waals surface area (Å²) in [5.74, 6) is -0.852. The number of aliphatic carboxylic acids is 1. The molecule has 2 heterocycles. The number of hydrogen-bond donors (Lipinski definition) is 2. The number of nitrogens with zero attached hydrogens (tertiary/aromatic N) is 1. The molecule has 2 N–H and O–H groups in total. The number of carboxylic acid groups (broad SMARTS) is 1. The molecular formula is C19H24N2O4. The van der Waals surface area contributed by atoms with Crippen LogP contribution in [0.3, 0.4) is 0 Å². The summed E-state index contributed by atoms with van der Waals surface area (Å²) in [6.45, 7) is 1.34. The van der Waals surface area contributed by atoms with Crippen molar-refractivity contribution in [1.29, 1.82) is 0 Å². The monoisotopic (exact) mass is 344 g/mol. The molecule has 1 fully saturated rings. The van der Waals surface area contributed by atoms with Gasteiger partial charge in [0.15, 0.2) is 0 Å². The molecule has 1 saturated heterocycles. The van der Waals surface area contributed by atoms with Crippen LogP contribution in [-0.2, 0) is 27.3 Å². The maximum absolute atomic E-state index is 12.6. The molecule has 0 unspecified atom stereocenters. The number of fused-ring (bicyclic) bond motifs is 1. The van der Waals surface area contributed by atoms with E-state index in [1.165, 1.54) is 11.1 Å². The first-order chi connectivity index (χ1) is 12.0. The zero-order valence-corrected chi connectivity index (χ0v) is 14.3. The average Bonchev–Trinajstić information content (AvgIpc) is 2.99. The maximum Gasteiger partial charge on any atom is 0.303 e. The smallest absolute Gasteiger partial charge is 0.303 e. The average molecular weight is 344 g/mol. The summed E-state index contributed by atoms with van der Waals surface area (Å²) < 4.78 is 0. The number of carboxylic acids is 1. The van der Waals surface area contributed by atoms with Crippen LogP contribution >= 0.6 is 0 Å². The molecule has 0 spiro atoms. The highest BCUT2D eigenvalue weighted by Gasteiger charge is 2.38. The molecule has 3 rings (SSSR count). The van der Waals surface area contributed by atoms with Gasteiger partial charge >= 0.3 is 5.97 Å². The molecular weight excluding hydrogens is 320 g/mol. The fourth-order valence-corrected chi connectivity index (χ4v) is 3.83. The molecule has 2 aliphatic rings. The van der Waals surface area contributed by atoms with Crippen molar-refractivity contribution < 1.29 is 19.5 Å². The Kier molecular flexibility index (Phi) is 5.06. The molecule has 25 heavy (non-hydrogen) atoms. The number of hydrogen-bond acceptors (Lipinski definition) is 3. The van der Waals surface area contributed by atoms with Crippen LogP contribution in [0.2, 0.25) is 0 Å². The Bertz CT molecular complexity index is 688. The lowest BCUT2D eigenvalue weighted by Crippen LogP contribution is -2.44. The number of amides is 2. The summed E-state index contributed by atoms with van der Waals surface area (Å²) >= 11 is 0. The molecule has 2 amide bonds. The van der Waals surface area contributed by atoms with Gasteiger partial charge in [-0.05, 0) is 36.8 Å². The van der Waals surface area contributed by atoms with E-state index in [9.17, 15) is 14.4 Å². The van der Waals surface area contributed by atoms with E-state index < -0.39 is 11.5 Å². The van der Waals surface area contributed by atoms with Crippen LogP contribution in [0.15, 0.2) is 24.3 Å². The van der Waals surface area contributed by atoms with Crippen molar-refractivity contribution in [3.05, 3.63) is 35.4 Å². The Labute approximate surface area is 147 Å². The van der Waals surface area contributed by atoms with E-state index in [2.05, 4.69) is 17.4 Å². The number of rotatable bonds is 6. The van der Waals surface area contributed by atoms with Crippen molar-refractivity contribution >= 4 is 17.8 Å². The van der Waals surface area contributed by atoms with Crippen LogP contribution in [0, 0.1) is 0 Å². The minimum atomic E-state index is -0.875. The molecule has 1 aromatic carbocycles. The second-order valence-corrected chi connectivity index (χ2v) is 7.06. The van der Waals surface area contributed by atoms with Crippen LogP contribution in [0.5, 0.6) is 0 Å². The Hall–Kier alpha value is -2.37. The quantitative estimate of drug-likeness (QED) is 0.825. The molecule has 0 radical (unpaired) electrons. The summed E-state index contributed by atoms with van der Waals surface area (Å²) in [6.07, 6.45) is 3.10. The van der Waals surface area contributed by atoms with Gasteiger partial charge in [-0.15, -0.1) is 0 Å². The van der Waals surface area contributed by atoms with Crippen molar-refractivity contribution in [2.45, 2.75) is 57.0 Å². The van der Waals surface area contributed by atoms with Gasteiger partial charge < -0.3 is 15.3 Å². The van der Waals surface area contributed by atoms with Gasteiger partial charge in [-0.1, -0.05) is 24.3 Å². The van der Waals surface area contributed by atoms with Gasteiger partial charge in [-0.25, -0.2) is 0 Å². The van der Waals surface area contributed by atoms with Crippen LogP contribution in [0.25, 0.3) is 0 Å². The zero-order chi connectivity index (χ0) is 17.9. The van der Waals surface area contributed by atoms with Crippen molar-refractivity contribution in [2.75, 3.05) is 6.54 Å². The first-order valence-electron chi connectivity index (χ1n) is 8.85. The van der Waals surface area contributed by atoms with E-state index in [-0.39, 0.29) is 18.2 Å². The molecule has 0 bridgehead atoms. The van der Waals surface area contributed by atoms with Crippen molar-refractivity contribution in [1.82, 2.24) is 10.2 Å². The van der Waals surface area contributed by atoms with Crippen molar-refractivity contribution in [3.63, 3.8) is 0 Å². The normalized spacial score (nSPS) is 22.4. The summed E-state index contributed by atoms with van der Waals surface area (Å²) in [5, 5.41) is 11.9. The minimum absolute atomic E-state index is 0.00552. The van der Waals surface area contributed by atoms with Gasteiger partial charge in [0.1, 0.15) is 0 Å². The highest BCUT2D eigenvalue weighted by atomic mass is 16.4. The van der Waals surface area contributed by atoms with E-state index >= 15 is 0 Å². The van der Waals surface area contributed by atoms with Crippen molar-refractivity contribution in [2.24, 2.45) is 0 Å². The predicted molar refractivity (Wildman–Crippen MR) is 91.8 cm³/mol. The minimum Gasteiger partial charge on any atom is -0.481 e.